The zero-order valence-corrected chi connectivity index (χ0v) is 16.5. The molecule has 27 heavy (non-hydrogen) atoms. The predicted molar refractivity (Wildman–Crippen MR) is 91.5 cm³/mol. The third kappa shape index (κ3) is 4.89. The summed E-state index contributed by atoms with van der Waals surface area (Å²) < 4.78 is 11.0. The van der Waals surface area contributed by atoms with E-state index in [9.17, 15) is 4.79 Å². The van der Waals surface area contributed by atoms with Gasteiger partial charge in [-0.2, -0.15) is 10.1 Å². The van der Waals surface area contributed by atoms with E-state index in [-0.39, 0.29) is 5.96 Å². The molecule has 1 aliphatic heterocycles. The van der Waals surface area contributed by atoms with Gasteiger partial charge in [-0.15, -0.1) is 10.5 Å². The summed E-state index contributed by atoms with van der Waals surface area (Å²) in [6, 6.07) is 0. The highest BCUT2D eigenvalue weighted by molar-refractivity contribution is 5.79. The Kier molecular flexibility index (Phi) is 10.3. The fraction of sp³-hybridized carbons (Fsp3) is 0.692. The Labute approximate surface area is 157 Å². The number of hydrogen-bond acceptors (Lipinski definition) is 13. The van der Waals surface area contributed by atoms with Crippen molar-refractivity contribution in [3.05, 3.63) is 12.7 Å². The number of ether oxygens (including phenoxy) is 2. The minimum atomic E-state index is -1.66. The number of carboxylic acids is 1. The number of rotatable bonds is 9. The van der Waals surface area contributed by atoms with Crippen molar-refractivity contribution >= 4 is 11.9 Å². The lowest BCUT2D eigenvalue weighted by Gasteiger charge is -2.55. The van der Waals surface area contributed by atoms with Gasteiger partial charge in [-0.3, -0.25) is 19.4 Å². The first kappa shape index (κ1) is 25.1. The molecule has 0 aliphatic carbocycles. The van der Waals surface area contributed by atoms with E-state index in [1.54, 1.807) is 7.05 Å². The van der Waals surface area contributed by atoms with Gasteiger partial charge in [0, 0.05) is 27.3 Å². The molecule has 0 aromatic heterocycles. The number of aliphatic carboxylic acids is 1. The second kappa shape index (κ2) is 11.1. The molecule has 0 bridgehead atoms. The maximum atomic E-state index is 9.25. The van der Waals surface area contributed by atoms with Crippen LogP contribution in [0.5, 0.6) is 0 Å². The number of carboxylic acid groups (broad SMARTS) is 1. The summed E-state index contributed by atoms with van der Waals surface area (Å²) in [5.74, 6) is -4.34. The van der Waals surface area contributed by atoms with Crippen LogP contribution in [0, 0.1) is 0 Å². The summed E-state index contributed by atoms with van der Waals surface area (Å²) in [5, 5.41) is 11.2. The molecule has 14 nitrogen and oxygen atoms in total. The molecule has 1 rings (SSSR count). The number of methoxy groups -OCH3 is 2. The molecule has 14 heteroatoms. The van der Waals surface area contributed by atoms with Crippen LogP contribution >= 0.6 is 0 Å². The van der Waals surface area contributed by atoms with Crippen LogP contribution in [0.1, 0.15) is 0 Å². The van der Waals surface area contributed by atoms with Gasteiger partial charge in [-0.05, 0) is 0 Å². The summed E-state index contributed by atoms with van der Waals surface area (Å²) in [6.45, 7) is 2.96. The van der Waals surface area contributed by atoms with E-state index in [0.717, 1.165) is 16.2 Å². The first-order valence-corrected chi connectivity index (χ1v) is 7.29. The lowest BCUT2D eigenvalue weighted by Crippen LogP contribution is -2.81. The topological polar surface area (TPSA) is 153 Å². The van der Waals surface area contributed by atoms with Gasteiger partial charge in [0.1, 0.15) is 0 Å². The minimum Gasteiger partial charge on any atom is -0.478 e. The number of nitrogens with zero attached hydrogens (tertiary/aromatic N) is 4. The van der Waals surface area contributed by atoms with Crippen LogP contribution in [-0.2, 0) is 33.6 Å². The summed E-state index contributed by atoms with van der Waals surface area (Å²) in [5.41, 5.74) is 8.52. The molecule has 0 spiro atoms. The molecule has 2 unspecified atom stereocenters. The van der Waals surface area contributed by atoms with Crippen molar-refractivity contribution in [2.24, 2.45) is 10.7 Å². The molecular weight excluding hydrogens is 368 g/mol. The zero-order valence-electron chi connectivity index (χ0n) is 16.5. The molecule has 0 fully saturated rings. The fourth-order valence-electron chi connectivity index (χ4n) is 2.17. The van der Waals surface area contributed by atoms with Gasteiger partial charge in [0.15, 0.2) is 0 Å². The Balaban J connectivity index is 0.00000119. The number of hydroxylamine groups is 7. The molecule has 0 saturated carbocycles. The van der Waals surface area contributed by atoms with Crippen LogP contribution in [0.4, 0.5) is 0 Å². The largest absolute Gasteiger partial charge is 0.478 e. The van der Waals surface area contributed by atoms with Crippen molar-refractivity contribution in [3.63, 3.8) is 0 Å². The number of guanidine groups is 1. The molecule has 1 heterocycles. The Morgan fingerprint density at radius 1 is 1.26 bits per heavy atom. The second-order valence-electron chi connectivity index (χ2n) is 4.54. The third-order valence-electron chi connectivity index (χ3n) is 3.30. The summed E-state index contributed by atoms with van der Waals surface area (Å²) in [6.07, 6.45) is 0.833. The molecule has 2 atom stereocenters. The molecule has 4 N–H and O–H groups in total. The Morgan fingerprint density at radius 3 is 2.11 bits per heavy atom. The van der Waals surface area contributed by atoms with E-state index in [1.807, 2.05) is 0 Å². The average molecular weight is 396 g/mol. The highest BCUT2D eigenvalue weighted by Gasteiger charge is 2.63. The van der Waals surface area contributed by atoms with E-state index < -0.39 is 17.9 Å². The molecule has 158 valence electrons. The van der Waals surface area contributed by atoms with Crippen LogP contribution in [-0.4, -0.2) is 93.9 Å². The van der Waals surface area contributed by atoms with Crippen molar-refractivity contribution in [1.29, 1.82) is 0 Å². The highest BCUT2D eigenvalue weighted by Crippen LogP contribution is 2.36. The molecule has 0 aromatic carbocycles. The van der Waals surface area contributed by atoms with E-state index in [4.69, 9.17) is 39.7 Å². The van der Waals surface area contributed by atoms with Crippen molar-refractivity contribution in [1.82, 2.24) is 20.7 Å². The van der Waals surface area contributed by atoms with Crippen molar-refractivity contribution in [3.8, 4) is 0 Å². The van der Waals surface area contributed by atoms with Gasteiger partial charge in [-0.1, -0.05) is 11.6 Å². The maximum Gasteiger partial charge on any atom is 0.340 e. The number of aliphatic imine (C=N–C) groups is 1. The summed E-state index contributed by atoms with van der Waals surface area (Å²) in [4.78, 5) is 34.3. The lowest BCUT2D eigenvalue weighted by molar-refractivity contribution is -0.534. The van der Waals surface area contributed by atoms with Crippen molar-refractivity contribution < 1.29 is 38.7 Å². The van der Waals surface area contributed by atoms with E-state index in [2.05, 4.69) is 17.1 Å². The fourth-order valence-corrected chi connectivity index (χ4v) is 2.17. The maximum absolute atomic E-state index is 9.25. The summed E-state index contributed by atoms with van der Waals surface area (Å²) in [7, 11) is 9.95. The van der Waals surface area contributed by atoms with Gasteiger partial charge in [0.05, 0.1) is 28.4 Å². The molecule has 0 radical (unpaired) electrons. The van der Waals surface area contributed by atoms with E-state index in [1.165, 1.54) is 47.7 Å². The molecule has 1 aliphatic rings. The van der Waals surface area contributed by atoms with Gasteiger partial charge in [0.25, 0.3) is 0 Å². The number of nitrogens with two attached hydrogens (primary N) is 1. The normalized spacial score (nSPS) is 25.6. The Bertz CT molecular complexity index is 523. The monoisotopic (exact) mass is 396 g/mol. The van der Waals surface area contributed by atoms with Crippen LogP contribution in [0.15, 0.2) is 17.6 Å². The molecule has 0 saturated heterocycles. The van der Waals surface area contributed by atoms with Crippen LogP contribution < -0.4 is 11.2 Å². The SMILES string of the molecule is C=CC(=O)O.CONC1(OC)N=C(N)N(OC)C(OC)(N(C)OC)N1OC. The van der Waals surface area contributed by atoms with Gasteiger partial charge >= 0.3 is 17.9 Å². The zero-order chi connectivity index (χ0) is 21.3. The van der Waals surface area contributed by atoms with Crippen LogP contribution in [0.25, 0.3) is 0 Å². The lowest BCUT2D eigenvalue weighted by atomic mass is 10.4. The van der Waals surface area contributed by atoms with Crippen LogP contribution in [0.2, 0.25) is 0 Å². The number of nitrogens with one attached hydrogen (secondary N) is 1. The Hall–Kier alpha value is -1.88. The Morgan fingerprint density at radius 2 is 1.81 bits per heavy atom. The number of hydrogen-bond donors (Lipinski definition) is 3. The van der Waals surface area contributed by atoms with Gasteiger partial charge in [-0.25, -0.2) is 4.79 Å². The smallest absolute Gasteiger partial charge is 0.340 e. The van der Waals surface area contributed by atoms with E-state index in [0.29, 0.717) is 0 Å². The van der Waals surface area contributed by atoms with Gasteiger partial charge < -0.3 is 20.3 Å². The predicted octanol–water partition coefficient (Wildman–Crippen LogP) is -1.54. The quantitative estimate of drug-likeness (QED) is 0.234. The standard InChI is InChI=1S/C10H24N6O6.C3H4O2/c1-14(20-5)10(18-3)15(21-6)8(11)12-9(17-2,13-19-4)16(10)22-7;1-2-3(4)5/h13H,1-7H3,(H2,11,12);2H,1H2,(H,4,5). The second-order valence-corrected chi connectivity index (χ2v) is 4.54. The first-order chi connectivity index (χ1) is 12.7. The van der Waals surface area contributed by atoms with Crippen LogP contribution in [0.3, 0.4) is 0 Å². The average Bonchev–Trinajstić information content (AvgIpc) is 2.66. The highest BCUT2D eigenvalue weighted by atomic mass is 16.9. The molecular formula is C13H28N6O8. The minimum absolute atomic E-state index is 0.0760. The van der Waals surface area contributed by atoms with E-state index >= 15 is 0 Å². The van der Waals surface area contributed by atoms with Crippen molar-refractivity contribution in [2.45, 2.75) is 11.9 Å². The van der Waals surface area contributed by atoms with Crippen molar-refractivity contribution in [2.75, 3.05) is 49.7 Å². The summed E-state index contributed by atoms with van der Waals surface area (Å²) >= 11 is 0. The third-order valence-corrected chi connectivity index (χ3v) is 3.30. The van der Waals surface area contributed by atoms with Gasteiger partial charge in [0.2, 0.25) is 5.96 Å². The molecule has 0 aromatic rings. The first-order valence-electron chi connectivity index (χ1n) is 7.29. The number of carbonyl (C=O) groups is 1. The molecule has 0 amide bonds.